The molecule has 3 rings (SSSR count). The van der Waals surface area contributed by atoms with Crippen molar-refractivity contribution in [3.63, 3.8) is 0 Å². The summed E-state index contributed by atoms with van der Waals surface area (Å²) in [7, 11) is 4.49. The summed E-state index contributed by atoms with van der Waals surface area (Å²) in [6, 6.07) is 19.9. The van der Waals surface area contributed by atoms with Gasteiger partial charge in [-0.25, -0.2) is 4.79 Å². The lowest BCUT2D eigenvalue weighted by Gasteiger charge is -2.12. The maximum absolute atomic E-state index is 12.6. The van der Waals surface area contributed by atoms with Crippen molar-refractivity contribution in [3.05, 3.63) is 94.6 Å². The fraction of sp³-hybridized carbons (Fsp3) is 0.219. The van der Waals surface area contributed by atoms with E-state index in [1.807, 2.05) is 37.3 Å². The van der Waals surface area contributed by atoms with Gasteiger partial charge in [0.05, 0.1) is 20.8 Å². The molecule has 0 spiro atoms. The van der Waals surface area contributed by atoms with Crippen molar-refractivity contribution in [1.82, 2.24) is 5.32 Å². The summed E-state index contributed by atoms with van der Waals surface area (Å²) in [5, 5.41) is 12.0. The van der Waals surface area contributed by atoms with Crippen LogP contribution < -0.4 is 24.3 Å². The summed E-state index contributed by atoms with van der Waals surface area (Å²) in [6.45, 7) is 3.04. The molecule has 0 aromatic heterocycles. The molecule has 0 bridgehead atoms. The second-order valence-corrected chi connectivity index (χ2v) is 8.71. The monoisotopic (exact) mass is 556 g/mol. The molecule has 1 amide bonds. The van der Waals surface area contributed by atoms with Gasteiger partial charge < -0.3 is 29.0 Å². The normalized spacial score (nSPS) is 11.0. The molecule has 1 N–H and O–H groups in total. The number of hydrogen-bond acceptors (Lipinski definition) is 8. The number of amides is 1. The second kappa shape index (κ2) is 15.5. The Bertz CT molecular complexity index is 1470. The predicted octanol–water partition coefficient (Wildman–Crippen LogP) is 4.88. The maximum atomic E-state index is 12.6. The minimum atomic E-state index is -0.624. The maximum Gasteiger partial charge on any atom is 0.336 e. The molecule has 9 heteroatoms. The van der Waals surface area contributed by atoms with Gasteiger partial charge >= 0.3 is 5.97 Å². The summed E-state index contributed by atoms with van der Waals surface area (Å²) in [5.74, 6) is 0.409. The zero-order valence-corrected chi connectivity index (χ0v) is 23.4. The molecule has 3 aromatic carbocycles. The lowest BCUT2D eigenvalue weighted by molar-refractivity contribution is -0.129. The smallest absolute Gasteiger partial charge is 0.336 e. The van der Waals surface area contributed by atoms with Gasteiger partial charge in [0.2, 0.25) is 0 Å². The Balaban J connectivity index is 1.66. The molecular formula is C32H32N2O7. The van der Waals surface area contributed by atoms with Crippen molar-refractivity contribution in [3.8, 4) is 29.1 Å². The first-order valence-corrected chi connectivity index (χ1v) is 12.7. The van der Waals surface area contributed by atoms with Crippen molar-refractivity contribution >= 4 is 24.0 Å². The van der Waals surface area contributed by atoms with E-state index in [1.54, 1.807) is 43.5 Å². The van der Waals surface area contributed by atoms with Crippen molar-refractivity contribution in [2.45, 2.75) is 13.5 Å². The molecule has 0 aliphatic rings. The topological polar surface area (TPSA) is 116 Å². The number of hydrogen-bond donors (Lipinski definition) is 1. The van der Waals surface area contributed by atoms with E-state index in [0.717, 1.165) is 11.1 Å². The van der Waals surface area contributed by atoms with Crippen LogP contribution in [0.4, 0.5) is 0 Å². The third-order valence-corrected chi connectivity index (χ3v) is 5.91. The Kier molecular flexibility index (Phi) is 11.5. The Hall–Kier alpha value is -5.07. The lowest BCUT2D eigenvalue weighted by Crippen LogP contribution is -2.27. The number of methoxy groups -OCH3 is 3. The molecule has 0 aliphatic heterocycles. The van der Waals surface area contributed by atoms with Gasteiger partial charge in [0.15, 0.2) is 23.0 Å². The molecule has 0 saturated carbocycles. The predicted molar refractivity (Wildman–Crippen MR) is 155 cm³/mol. The van der Waals surface area contributed by atoms with Gasteiger partial charge in [-0.1, -0.05) is 36.4 Å². The van der Waals surface area contributed by atoms with E-state index in [2.05, 4.69) is 5.32 Å². The van der Waals surface area contributed by atoms with Crippen LogP contribution in [-0.2, 0) is 20.9 Å². The van der Waals surface area contributed by atoms with Crippen LogP contribution in [0.2, 0.25) is 0 Å². The van der Waals surface area contributed by atoms with Crippen LogP contribution in [0.15, 0.2) is 72.3 Å². The third-order valence-electron chi connectivity index (χ3n) is 5.91. The van der Waals surface area contributed by atoms with Gasteiger partial charge in [-0.15, -0.1) is 0 Å². The Morgan fingerprint density at radius 2 is 1.59 bits per heavy atom. The van der Waals surface area contributed by atoms with Crippen LogP contribution in [0.25, 0.3) is 12.2 Å². The van der Waals surface area contributed by atoms with Crippen LogP contribution >= 0.6 is 0 Å². The van der Waals surface area contributed by atoms with Crippen LogP contribution in [0, 0.1) is 18.3 Å². The highest BCUT2D eigenvalue weighted by molar-refractivity contribution is 6.01. The Labute approximate surface area is 239 Å². The fourth-order valence-corrected chi connectivity index (χ4v) is 3.68. The average molecular weight is 557 g/mol. The molecule has 3 aromatic rings. The number of rotatable bonds is 13. The SMILES string of the molecule is COCCNC(=O)/C(C#N)=C/c1ccc(OC(=O)/C=C/c2ccc(OCc3ccccc3C)c(OC)c2)c(OC)c1. The lowest BCUT2D eigenvalue weighted by atomic mass is 10.1. The highest BCUT2D eigenvalue weighted by Crippen LogP contribution is 2.31. The molecule has 0 unspecified atom stereocenters. The first-order chi connectivity index (χ1) is 19.9. The molecular weight excluding hydrogens is 524 g/mol. The van der Waals surface area contributed by atoms with E-state index >= 15 is 0 Å². The highest BCUT2D eigenvalue weighted by atomic mass is 16.6. The zero-order chi connectivity index (χ0) is 29.6. The van der Waals surface area contributed by atoms with Crippen molar-refractivity contribution in [1.29, 1.82) is 5.26 Å². The summed E-state index contributed by atoms with van der Waals surface area (Å²) in [4.78, 5) is 24.7. The van der Waals surface area contributed by atoms with E-state index in [1.165, 1.54) is 32.4 Å². The van der Waals surface area contributed by atoms with E-state index in [9.17, 15) is 14.9 Å². The van der Waals surface area contributed by atoms with E-state index in [4.69, 9.17) is 23.7 Å². The Morgan fingerprint density at radius 1 is 0.902 bits per heavy atom. The largest absolute Gasteiger partial charge is 0.493 e. The fourth-order valence-electron chi connectivity index (χ4n) is 3.68. The molecule has 0 atom stereocenters. The van der Waals surface area contributed by atoms with Gasteiger partial charge in [0, 0.05) is 19.7 Å². The quantitative estimate of drug-likeness (QED) is 0.104. The van der Waals surface area contributed by atoms with E-state index in [0.29, 0.717) is 35.8 Å². The number of benzene rings is 3. The van der Waals surface area contributed by atoms with Gasteiger partial charge in [0.25, 0.3) is 5.91 Å². The minimum Gasteiger partial charge on any atom is -0.493 e. The first-order valence-electron chi connectivity index (χ1n) is 12.7. The zero-order valence-electron chi connectivity index (χ0n) is 23.4. The number of carbonyl (C=O) groups is 2. The van der Waals surface area contributed by atoms with Crippen molar-refractivity contribution < 1.29 is 33.3 Å². The van der Waals surface area contributed by atoms with E-state index in [-0.39, 0.29) is 23.6 Å². The van der Waals surface area contributed by atoms with Crippen LogP contribution in [0.1, 0.15) is 22.3 Å². The summed E-state index contributed by atoms with van der Waals surface area (Å²) in [5.41, 5.74) is 3.36. The average Bonchev–Trinajstić information content (AvgIpc) is 2.99. The number of ether oxygens (including phenoxy) is 5. The summed E-state index contributed by atoms with van der Waals surface area (Å²) in [6.07, 6.45) is 4.30. The summed E-state index contributed by atoms with van der Waals surface area (Å²) < 4.78 is 27.1. The Morgan fingerprint density at radius 3 is 2.29 bits per heavy atom. The van der Waals surface area contributed by atoms with Crippen molar-refractivity contribution in [2.24, 2.45) is 0 Å². The molecule has 0 saturated heterocycles. The minimum absolute atomic E-state index is 0.0853. The number of nitrogens with one attached hydrogen (secondary N) is 1. The van der Waals surface area contributed by atoms with E-state index < -0.39 is 11.9 Å². The number of nitriles is 1. The highest BCUT2D eigenvalue weighted by Gasteiger charge is 2.12. The molecule has 212 valence electrons. The number of esters is 1. The van der Waals surface area contributed by atoms with Gasteiger partial charge in [-0.3, -0.25) is 4.79 Å². The number of aryl methyl sites for hydroxylation is 1. The van der Waals surface area contributed by atoms with Gasteiger partial charge in [-0.2, -0.15) is 5.26 Å². The molecule has 0 fully saturated rings. The summed E-state index contributed by atoms with van der Waals surface area (Å²) >= 11 is 0. The van der Waals surface area contributed by atoms with Crippen LogP contribution in [-0.4, -0.2) is 46.4 Å². The molecule has 9 nitrogen and oxygen atoms in total. The second-order valence-electron chi connectivity index (χ2n) is 8.71. The van der Waals surface area contributed by atoms with Gasteiger partial charge in [0.1, 0.15) is 18.2 Å². The molecule has 0 heterocycles. The first kappa shape index (κ1) is 30.5. The molecule has 0 radical (unpaired) electrons. The third kappa shape index (κ3) is 8.98. The molecule has 41 heavy (non-hydrogen) atoms. The standard InChI is InChI=1S/C32H32N2O7/c1-22-7-5-6-8-25(22)21-40-27-12-9-23(18-29(27)38-3)11-14-31(35)41-28-13-10-24(19-30(28)39-4)17-26(20-33)32(36)34-15-16-37-2/h5-14,17-19H,15-16,21H2,1-4H3,(H,34,36)/b14-11+,26-17+. The van der Waals surface area contributed by atoms with Crippen LogP contribution in [0.3, 0.4) is 0 Å². The van der Waals surface area contributed by atoms with Crippen molar-refractivity contribution in [2.75, 3.05) is 34.5 Å². The molecule has 0 aliphatic carbocycles. The number of nitrogens with zero attached hydrogens (tertiary/aromatic N) is 1. The number of carbonyl (C=O) groups excluding carboxylic acids is 2. The van der Waals surface area contributed by atoms with Crippen LogP contribution in [0.5, 0.6) is 23.0 Å². The van der Waals surface area contributed by atoms with Gasteiger partial charge in [-0.05, 0) is 65.6 Å².